The first-order valence-corrected chi connectivity index (χ1v) is 14.1. The molecular formula is C32H22N4O4S. The number of aromatic nitrogens is 2. The summed E-state index contributed by atoms with van der Waals surface area (Å²) in [7, 11) is -3.78. The van der Waals surface area contributed by atoms with Crippen molar-refractivity contribution in [1.29, 1.82) is 0 Å². The van der Waals surface area contributed by atoms with E-state index in [0.29, 0.717) is 33.5 Å². The summed E-state index contributed by atoms with van der Waals surface area (Å²) < 4.78 is 26.5. The molecule has 0 aliphatic rings. The van der Waals surface area contributed by atoms with Gasteiger partial charge in [-0.2, -0.15) is 0 Å². The van der Waals surface area contributed by atoms with E-state index in [1.807, 2.05) is 24.3 Å². The van der Waals surface area contributed by atoms with Crippen LogP contribution < -0.4 is 0 Å². The molecule has 6 rings (SSSR count). The van der Waals surface area contributed by atoms with Gasteiger partial charge in [-0.1, -0.05) is 12.1 Å². The fraction of sp³-hybridized carbons (Fsp3) is 0. The highest BCUT2D eigenvalue weighted by molar-refractivity contribution is 7.91. The van der Waals surface area contributed by atoms with Crippen LogP contribution in [0.2, 0.25) is 0 Å². The predicted octanol–water partition coefficient (Wildman–Crippen LogP) is 6.53. The Bertz CT molecular complexity index is 1930. The Morgan fingerprint density at radius 2 is 0.976 bits per heavy atom. The lowest BCUT2D eigenvalue weighted by atomic mass is 10.1. The van der Waals surface area contributed by atoms with E-state index >= 15 is 0 Å². The minimum absolute atomic E-state index is 0.0533. The quantitative estimate of drug-likeness (QED) is 0.224. The van der Waals surface area contributed by atoms with Crippen LogP contribution in [0.5, 0.6) is 11.5 Å². The molecule has 0 atom stereocenters. The number of fused-ring (bicyclic) bond motifs is 2. The van der Waals surface area contributed by atoms with Gasteiger partial charge in [0.1, 0.15) is 11.5 Å². The molecule has 8 nitrogen and oxygen atoms in total. The fourth-order valence-corrected chi connectivity index (χ4v) is 5.67. The number of benzene rings is 4. The van der Waals surface area contributed by atoms with E-state index in [-0.39, 0.29) is 21.3 Å². The van der Waals surface area contributed by atoms with Crippen LogP contribution in [0.3, 0.4) is 0 Å². The van der Waals surface area contributed by atoms with Crippen LogP contribution in [-0.2, 0) is 9.84 Å². The molecule has 0 saturated carbocycles. The molecule has 0 radical (unpaired) electrons. The van der Waals surface area contributed by atoms with Gasteiger partial charge in [0.05, 0.1) is 43.3 Å². The van der Waals surface area contributed by atoms with Gasteiger partial charge in [-0.05, 0) is 84.9 Å². The molecule has 0 saturated heterocycles. The van der Waals surface area contributed by atoms with E-state index < -0.39 is 9.84 Å². The van der Waals surface area contributed by atoms with E-state index in [0.717, 1.165) is 10.8 Å². The average Bonchev–Trinajstić information content (AvgIpc) is 3.00. The highest BCUT2D eigenvalue weighted by atomic mass is 32.2. The number of pyridine rings is 2. The molecule has 41 heavy (non-hydrogen) atoms. The van der Waals surface area contributed by atoms with Gasteiger partial charge in [-0.3, -0.25) is 20.0 Å². The Morgan fingerprint density at radius 1 is 0.561 bits per heavy atom. The summed E-state index contributed by atoms with van der Waals surface area (Å²) in [5.41, 5.74) is 3.24. The molecule has 0 spiro atoms. The van der Waals surface area contributed by atoms with Gasteiger partial charge < -0.3 is 10.2 Å². The van der Waals surface area contributed by atoms with Gasteiger partial charge >= 0.3 is 0 Å². The monoisotopic (exact) mass is 558 g/mol. The number of hydrogen-bond donors (Lipinski definition) is 2. The summed E-state index contributed by atoms with van der Waals surface area (Å²) >= 11 is 0. The number of aliphatic imine (C=N–C) groups is 2. The lowest BCUT2D eigenvalue weighted by Crippen LogP contribution is -2.01. The number of hydrogen-bond acceptors (Lipinski definition) is 8. The smallest absolute Gasteiger partial charge is 0.206 e. The van der Waals surface area contributed by atoms with Crippen LogP contribution in [0.15, 0.2) is 129 Å². The van der Waals surface area contributed by atoms with Crippen molar-refractivity contribution < 1.29 is 18.6 Å². The van der Waals surface area contributed by atoms with Crippen molar-refractivity contribution in [2.24, 2.45) is 9.98 Å². The van der Waals surface area contributed by atoms with Gasteiger partial charge in [0.2, 0.25) is 9.84 Å². The standard InChI is InChI=1S/C32H22N4O4S/c37-29-15-5-21-3-1-17-33-31(21)27(29)19-35-23-7-11-25(12-8-23)41(39,40)26-13-9-24(10-14-26)36-20-28-30(38)16-6-22-4-2-18-34-32(22)28/h1-20,37-38H. The van der Waals surface area contributed by atoms with E-state index in [2.05, 4.69) is 20.0 Å². The lowest BCUT2D eigenvalue weighted by Gasteiger charge is -2.06. The molecule has 4 aromatic carbocycles. The maximum Gasteiger partial charge on any atom is 0.206 e. The Balaban J connectivity index is 1.21. The first-order valence-electron chi connectivity index (χ1n) is 12.6. The second-order valence-corrected chi connectivity index (χ2v) is 11.1. The highest BCUT2D eigenvalue weighted by Gasteiger charge is 2.17. The molecule has 6 aromatic rings. The largest absolute Gasteiger partial charge is 0.507 e. The summed E-state index contributed by atoms with van der Waals surface area (Å²) in [5, 5.41) is 22.3. The van der Waals surface area contributed by atoms with Crippen LogP contribution in [-0.4, -0.2) is 41.0 Å². The molecular weight excluding hydrogens is 536 g/mol. The van der Waals surface area contributed by atoms with Gasteiger partial charge in [-0.15, -0.1) is 0 Å². The summed E-state index contributed by atoms with van der Waals surface area (Å²) in [5.74, 6) is 0.107. The van der Waals surface area contributed by atoms with E-state index in [1.165, 1.54) is 36.7 Å². The van der Waals surface area contributed by atoms with Gasteiger partial charge in [0, 0.05) is 35.6 Å². The molecule has 200 valence electrons. The second kappa shape index (κ2) is 10.6. The molecule has 0 amide bonds. The maximum absolute atomic E-state index is 13.2. The first-order chi connectivity index (χ1) is 19.9. The van der Waals surface area contributed by atoms with Gasteiger partial charge in [0.25, 0.3) is 0 Å². The SMILES string of the molecule is O=S(=O)(c1ccc(N=Cc2c(O)ccc3cccnc23)cc1)c1ccc(N=Cc2c(O)ccc3cccnc23)cc1. The van der Waals surface area contributed by atoms with Crippen LogP contribution in [0.1, 0.15) is 11.1 Å². The highest BCUT2D eigenvalue weighted by Crippen LogP contribution is 2.28. The topological polar surface area (TPSA) is 125 Å². The zero-order valence-electron chi connectivity index (χ0n) is 21.5. The molecule has 2 aromatic heterocycles. The summed E-state index contributed by atoms with van der Waals surface area (Å²) in [6.07, 6.45) is 6.32. The Labute approximate surface area is 235 Å². The van der Waals surface area contributed by atoms with Crippen LogP contribution in [0, 0.1) is 0 Å². The zero-order valence-corrected chi connectivity index (χ0v) is 22.3. The number of sulfone groups is 1. The van der Waals surface area contributed by atoms with Crippen molar-refractivity contribution in [2.45, 2.75) is 9.79 Å². The molecule has 2 N–H and O–H groups in total. The van der Waals surface area contributed by atoms with Gasteiger partial charge in [0.15, 0.2) is 0 Å². The van der Waals surface area contributed by atoms with E-state index in [4.69, 9.17) is 0 Å². The fourth-order valence-electron chi connectivity index (χ4n) is 4.41. The van der Waals surface area contributed by atoms with Crippen molar-refractivity contribution in [1.82, 2.24) is 9.97 Å². The number of rotatable bonds is 6. The summed E-state index contributed by atoms with van der Waals surface area (Å²) in [6, 6.07) is 26.5. The second-order valence-electron chi connectivity index (χ2n) is 9.15. The van der Waals surface area contributed by atoms with E-state index in [9.17, 15) is 18.6 Å². The van der Waals surface area contributed by atoms with Crippen molar-refractivity contribution in [3.8, 4) is 11.5 Å². The average molecular weight is 559 g/mol. The van der Waals surface area contributed by atoms with Crippen molar-refractivity contribution in [3.05, 3.63) is 121 Å². The zero-order chi connectivity index (χ0) is 28.4. The third-order valence-electron chi connectivity index (χ3n) is 6.56. The van der Waals surface area contributed by atoms with Crippen LogP contribution >= 0.6 is 0 Å². The van der Waals surface area contributed by atoms with Crippen molar-refractivity contribution in [2.75, 3.05) is 0 Å². The Morgan fingerprint density at radius 3 is 1.39 bits per heavy atom. The number of nitrogens with zero attached hydrogens (tertiary/aromatic N) is 4. The third kappa shape index (κ3) is 5.13. The lowest BCUT2D eigenvalue weighted by molar-refractivity contribution is 0.474. The van der Waals surface area contributed by atoms with Crippen molar-refractivity contribution >= 4 is 55.4 Å². The number of phenolic OH excluding ortho intramolecular Hbond substituents is 2. The summed E-state index contributed by atoms with van der Waals surface area (Å²) in [4.78, 5) is 17.7. The molecule has 0 aliphatic carbocycles. The molecule has 0 unspecified atom stereocenters. The maximum atomic E-state index is 13.2. The van der Waals surface area contributed by atoms with Crippen molar-refractivity contribution in [3.63, 3.8) is 0 Å². The predicted molar refractivity (Wildman–Crippen MR) is 160 cm³/mol. The first kappa shape index (κ1) is 25.8. The Hall–Kier alpha value is -5.41. The molecule has 9 heteroatoms. The normalized spacial score (nSPS) is 12.1. The molecule has 2 heterocycles. The molecule has 0 fully saturated rings. The number of aromatic hydroxyl groups is 2. The van der Waals surface area contributed by atoms with Crippen LogP contribution in [0.25, 0.3) is 21.8 Å². The molecule has 0 aliphatic heterocycles. The van der Waals surface area contributed by atoms with Gasteiger partial charge in [-0.25, -0.2) is 8.42 Å². The van der Waals surface area contributed by atoms with Crippen LogP contribution in [0.4, 0.5) is 11.4 Å². The number of phenols is 2. The Kier molecular flexibility index (Phi) is 6.70. The summed E-state index contributed by atoms with van der Waals surface area (Å²) in [6.45, 7) is 0. The van der Waals surface area contributed by atoms with E-state index in [1.54, 1.807) is 60.9 Å². The minimum atomic E-state index is -3.78. The molecule has 0 bridgehead atoms. The third-order valence-corrected chi connectivity index (χ3v) is 8.35. The minimum Gasteiger partial charge on any atom is -0.507 e.